The van der Waals surface area contributed by atoms with Crippen LogP contribution in [0, 0.1) is 0 Å². The van der Waals surface area contributed by atoms with Crippen LogP contribution in [0.4, 0.5) is 0 Å². The quantitative estimate of drug-likeness (QED) is 0.797. The van der Waals surface area contributed by atoms with Gasteiger partial charge < -0.3 is 5.11 Å². The second-order valence-electron chi connectivity index (χ2n) is 4.02. The summed E-state index contributed by atoms with van der Waals surface area (Å²) in [5.74, 6) is -0.738. The fraction of sp³-hybridized carbons (Fsp3) is 0.500. The molecule has 0 saturated heterocycles. The van der Waals surface area contributed by atoms with E-state index in [4.69, 9.17) is 5.11 Å². The standard InChI is InChI=1S/C12H18N2O2/c1-10(6-7-12(15)16)14(2)9-11-5-3-4-8-13-11/h3-5,8,10H,6-7,9H2,1-2H3,(H,15,16). The topological polar surface area (TPSA) is 53.4 Å². The van der Waals surface area contributed by atoms with E-state index < -0.39 is 5.97 Å². The number of nitrogens with zero attached hydrogens (tertiary/aromatic N) is 2. The van der Waals surface area contributed by atoms with E-state index in [9.17, 15) is 4.79 Å². The lowest BCUT2D eigenvalue weighted by atomic mass is 10.1. The fourth-order valence-electron chi connectivity index (χ4n) is 1.46. The molecule has 1 aromatic rings. The number of hydrogen-bond acceptors (Lipinski definition) is 3. The highest BCUT2D eigenvalue weighted by Crippen LogP contribution is 2.08. The SMILES string of the molecule is CC(CCC(=O)O)N(C)Cc1ccccn1. The van der Waals surface area contributed by atoms with Gasteiger partial charge in [-0.15, -0.1) is 0 Å². The zero-order chi connectivity index (χ0) is 12.0. The van der Waals surface area contributed by atoms with Crippen molar-refractivity contribution in [2.24, 2.45) is 0 Å². The molecule has 0 amide bonds. The van der Waals surface area contributed by atoms with Crippen LogP contribution in [0.15, 0.2) is 24.4 Å². The highest BCUT2D eigenvalue weighted by molar-refractivity contribution is 5.66. The summed E-state index contributed by atoms with van der Waals surface area (Å²) < 4.78 is 0. The molecule has 1 N–H and O–H groups in total. The van der Waals surface area contributed by atoms with Crippen molar-refractivity contribution in [1.82, 2.24) is 9.88 Å². The molecule has 4 nitrogen and oxygen atoms in total. The zero-order valence-corrected chi connectivity index (χ0v) is 9.76. The smallest absolute Gasteiger partial charge is 0.303 e. The second kappa shape index (κ2) is 6.23. The summed E-state index contributed by atoms with van der Waals surface area (Å²) in [6.45, 7) is 2.79. The maximum absolute atomic E-state index is 10.5. The Balaban J connectivity index is 2.39. The Morgan fingerprint density at radius 3 is 2.88 bits per heavy atom. The molecule has 1 rings (SSSR count). The average molecular weight is 222 g/mol. The Labute approximate surface area is 95.9 Å². The molecule has 0 spiro atoms. The van der Waals surface area contributed by atoms with Gasteiger partial charge in [-0.3, -0.25) is 14.7 Å². The molecule has 0 radical (unpaired) electrons. The van der Waals surface area contributed by atoms with Crippen LogP contribution in [-0.4, -0.2) is 34.0 Å². The molecular weight excluding hydrogens is 204 g/mol. The third kappa shape index (κ3) is 4.40. The number of hydrogen-bond donors (Lipinski definition) is 1. The molecule has 0 saturated carbocycles. The van der Waals surface area contributed by atoms with Crippen LogP contribution >= 0.6 is 0 Å². The predicted molar refractivity (Wildman–Crippen MR) is 62.0 cm³/mol. The number of carbonyl (C=O) groups is 1. The van der Waals surface area contributed by atoms with Gasteiger partial charge in [-0.2, -0.15) is 0 Å². The molecule has 16 heavy (non-hydrogen) atoms. The van der Waals surface area contributed by atoms with Gasteiger partial charge in [0.05, 0.1) is 5.69 Å². The van der Waals surface area contributed by atoms with Crippen molar-refractivity contribution in [3.63, 3.8) is 0 Å². The van der Waals surface area contributed by atoms with Gasteiger partial charge in [-0.1, -0.05) is 6.07 Å². The summed E-state index contributed by atoms with van der Waals surface area (Å²) in [5.41, 5.74) is 1.01. The molecule has 0 fully saturated rings. The summed E-state index contributed by atoms with van der Waals surface area (Å²) in [7, 11) is 1.99. The van der Waals surface area contributed by atoms with Crippen molar-refractivity contribution in [3.8, 4) is 0 Å². The number of pyridine rings is 1. The van der Waals surface area contributed by atoms with Crippen LogP contribution in [0.3, 0.4) is 0 Å². The minimum Gasteiger partial charge on any atom is -0.481 e. The lowest BCUT2D eigenvalue weighted by Gasteiger charge is -2.23. The van der Waals surface area contributed by atoms with Crippen LogP contribution in [-0.2, 0) is 11.3 Å². The number of rotatable bonds is 6. The van der Waals surface area contributed by atoms with Crippen molar-refractivity contribution in [3.05, 3.63) is 30.1 Å². The largest absolute Gasteiger partial charge is 0.481 e. The van der Waals surface area contributed by atoms with E-state index in [2.05, 4.69) is 9.88 Å². The van der Waals surface area contributed by atoms with Crippen LogP contribution in [0.25, 0.3) is 0 Å². The van der Waals surface area contributed by atoms with Gasteiger partial charge in [-0.05, 0) is 32.5 Å². The van der Waals surface area contributed by atoms with Crippen molar-refractivity contribution < 1.29 is 9.90 Å². The summed E-state index contributed by atoms with van der Waals surface area (Å²) in [6, 6.07) is 6.06. The van der Waals surface area contributed by atoms with Gasteiger partial charge in [0.2, 0.25) is 0 Å². The van der Waals surface area contributed by atoms with Gasteiger partial charge in [-0.25, -0.2) is 0 Å². The Bertz CT molecular complexity index is 327. The van der Waals surface area contributed by atoms with Gasteiger partial charge in [0.25, 0.3) is 0 Å². The fourth-order valence-corrected chi connectivity index (χ4v) is 1.46. The monoisotopic (exact) mass is 222 g/mol. The zero-order valence-electron chi connectivity index (χ0n) is 9.76. The molecule has 4 heteroatoms. The van der Waals surface area contributed by atoms with Crippen molar-refractivity contribution in [2.45, 2.75) is 32.4 Å². The van der Waals surface area contributed by atoms with Crippen LogP contribution in [0.2, 0.25) is 0 Å². The van der Waals surface area contributed by atoms with Crippen LogP contribution < -0.4 is 0 Å². The van der Waals surface area contributed by atoms with Crippen molar-refractivity contribution >= 4 is 5.97 Å². The number of carboxylic acid groups (broad SMARTS) is 1. The molecule has 0 aliphatic rings. The molecular formula is C12H18N2O2. The first-order valence-corrected chi connectivity index (χ1v) is 5.41. The molecule has 0 aliphatic heterocycles. The summed E-state index contributed by atoms with van der Waals surface area (Å²) >= 11 is 0. The number of aromatic nitrogens is 1. The third-order valence-electron chi connectivity index (χ3n) is 2.67. The predicted octanol–water partition coefficient (Wildman–Crippen LogP) is 1.77. The molecule has 1 heterocycles. The second-order valence-corrected chi connectivity index (χ2v) is 4.02. The van der Waals surface area contributed by atoms with E-state index in [-0.39, 0.29) is 12.5 Å². The van der Waals surface area contributed by atoms with E-state index in [1.54, 1.807) is 6.20 Å². The van der Waals surface area contributed by atoms with Gasteiger partial charge >= 0.3 is 5.97 Å². The molecule has 0 bridgehead atoms. The van der Waals surface area contributed by atoms with E-state index in [1.807, 2.05) is 32.2 Å². The molecule has 1 aromatic heterocycles. The molecule has 88 valence electrons. The van der Waals surface area contributed by atoms with Gasteiger partial charge in [0, 0.05) is 25.2 Å². The van der Waals surface area contributed by atoms with Gasteiger partial charge in [0.15, 0.2) is 0 Å². The van der Waals surface area contributed by atoms with Crippen LogP contribution in [0.5, 0.6) is 0 Å². The summed E-state index contributed by atoms with van der Waals surface area (Å²) in [4.78, 5) is 16.8. The molecule has 0 aliphatic carbocycles. The highest BCUT2D eigenvalue weighted by Gasteiger charge is 2.11. The van der Waals surface area contributed by atoms with E-state index >= 15 is 0 Å². The molecule has 1 atom stereocenters. The van der Waals surface area contributed by atoms with Crippen molar-refractivity contribution in [1.29, 1.82) is 0 Å². The minimum atomic E-state index is -0.738. The van der Waals surface area contributed by atoms with Gasteiger partial charge in [0.1, 0.15) is 0 Å². The lowest BCUT2D eigenvalue weighted by molar-refractivity contribution is -0.137. The lowest BCUT2D eigenvalue weighted by Crippen LogP contribution is -2.29. The Hall–Kier alpha value is -1.42. The summed E-state index contributed by atoms with van der Waals surface area (Å²) in [6.07, 6.45) is 2.65. The number of aliphatic carboxylic acids is 1. The minimum absolute atomic E-state index is 0.216. The average Bonchev–Trinajstić information content (AvgIpc) is 2.27. The Kier molecular flexibility index (Phi) is 4.92. The van der Waals surface area contributed by atoms with E-state index in [0.717, 1.165) is 12.2 Å². The van der Waals surface area contributed by atoms with Crippen molar-refractivity contribution in [2.75, 3.05) is 7.05 Å². The summed E-state index contributed by atoms with van der Waals surface area (Å²) in [5, 5.41) is 8.60. The first kappa shape index (κ1) is 12.6. The third-order valence-corrected chi connectivity index (χ3v) is 2.67. The maximum Gasteiger partial charge on any atom is 0.303 e. The molecule has 1 unspecified atom stereocenters. The first-order chi connectivity index (χ1) is 7.59. The highest BCUT2D eigenvalue weighted by atomic mass is 16.4. The van der Waals surface area contributed by atoms with E-state index in [1.165, 1.54) is 0 Å². The maximum atomic E-state index is 10.5. The first-order valence-electron chi connectivity index (χ1n) is 5.41. The molecule has 0 aromatic carbocycles. The van der Waals surface area contributed by atoms with E-state index in [0.29, 0.717) is 6.42 Å². The Morgan fingerprint density at radius 2 is 2.31 bits per heavy atom. The normalized spacial score (nSPS) is 12.7. The number of carboxylic acids is 1. The Morgan fingerprint density at radius 1 is 1.56 bits per heavy atom. The van der Waals surface area contributed by atoms with Crippen LogP contribution in [0.1, 0.15) is 25.5 Å².